The predicted molar refractivity (Wildman–Crippen MR) is 31.9 cm³/mol. The van der Waals surface area contributed by atoms with E-state index in [0.29, 0.717) is 0 Å². The van der Waals surface area contributed by atoms with E-state index < -0.39 is 40.8 Å². The van der Waals surface area contributed by atoms with Crippen molar-refractivity contribution in [2.45, 2.75) is 29.0 Å². The first-order valence-electron chi connectivity index (χ1n) is 3.04. The molecular weight excluding hydrogens is 225 g/mol. The van der Waals surface area contributed by atoms with Gasteiger partial charge in [-0.2, -0.15) is 22.0 Å². The highest BCUT2D eigenvalue weighted by molar-refractivity contribution is 8.01. The SMILES string of the molecule is FC1SC(F)(F)CC1(F)C(F)(F)F. The third-order valence-corrected chi connectivity index (χ3v) is 2.64. The van der Waals surface area contributed by atoms with Gasteiger partial charge in [0, 0.05) is 0 Å². The lowest BCUT2D eigenvalue weighted by atomic mass is 10.0. The summed E-state index contributed by atoms with van der Waals surface area (Å²) in [7, 11) is 0. The zero-order valence-electron chi connectivity index (χ0n) is 5.84. The van der Waals surface area contributed by atoms with Gasteiger partial charge in [0.1, 0.15) is 0 Å². The molecule has 1 heterocycles. The van der Waals surface area contributed by atoms with Crippen molar-refractivity contribution in [1.82, 2.24) is 0 Å². The second kappa shape index (κ2) is 2.68. The van der Waals surface area contributed by atoms with Gasteiger partial charge in [0.15, 0.2) is 5.50 Å². The second-order valence-corrected chi connectivity index (χ2v) is 3.86. The minimum Gasteiger partial charge on any atom is -0.231 e. The Morgan fingerprint density at radius 2 is 1.62 bits per heavy atom. The summed E-state index contributed by atoms with van der Waals surface area (Å²) in [6.07, 6.45) is -7.76. The molecule has 2 unspecified atom stereocenters. The van der Waals surface area contributed by atoms with Gasteiger partial charge >= 0.3 is 6.18 Å². The lowest BCUT2D eigenvalue weighted by Crippen LogP contribution is -2.45. The highest BCUT2D eigenvalue weighted by atomic mass is 32.2. The van der Waals surface area contributed by atoms with Crippen molar-refractivity contribution in [2.24, 2.45) is 0 Å². The first kappa shape index (κ1) is 10.9. The molecule has 2 atom stereocenters. The molecule has 0 bridgehead atoms. The summed E-state index contributed by atoms with van der Waals surface area (Å²) >= 11 is -0.938. The van der Waals surface area contributed by atoms with Gasteiger partial charge in [-0.1, -0.05) is 0 Å². The Kier molecular flexibility index (Phi) is 2.25. The fourth-order valence-electron chi connectivity index (χ4n) is 0.895. The molecule has 0 N–H and O–H groups in total. The molecular formula is C5H3F7S. The Morgan fingerprint density at radius 1 is 1.15 bits per heavy atom. The Balaban J connectivity index is 2.94. The van der Waals surface area contributed by atoms with Crippen LogP contribution in [0.2, 0.25) is 0 Å². The molecule has 1 rings (SSSR count). The van der Waals surface area contributed by atoms with Crippen molar-refractivity contribution in [1.29, 1.82) is 0 Å². The van der Waals surface area contributed by atoms with E-state index in [1.54, 1.807) is 0 Å². The highest BCUT2D eigenvalue weighted by Crippen LogP contribution is 2.58. The average molecular weight is 228 g/mol. The largest absolute Gasteiger partial charge is 0.426 e. The minimum absolute atomic E-state index is 0.938. The molecule has 13 heavy (non-hydrogen) atoms. The fourth-order valence-corrected chi connectivity index (χ4v) is 1.90. The molecule has 0 aromatic rings. The number of rotatable bonds is 0. The van der Waals surface area contributed by atoms with E-state index in [9.17, 15) is 30.7 Å². The predicted octanol–water partition coefficient (Wildman–Crippen LogP) is 3.28. The molecule has 78 valence electrons. The molecule has 0 nitrogen and oxygen atoms in total. The summed E-state index contributed by atoms with van der Waals surface area (Å²) in [4.78, 5) is 0. The summed E-state index contributed by atoms with van der Waals surface area (Å²) in [6.45, 7) is 0. The molecule has 0 aromatic heterocycles. The third kappa shape index (κ3) is 1.72. The Bertz CT molecular complexity index is 211. The van der Waals surface area contributed by atoms with Gasteiger partial charge in [-0.15, -0.1) is 0 Å². The lowest BCUT2D eigenvalue weighted by Gasteiger charge is -2.23. The van der Waals surface area contributed by atoms with E-state index in [1.165, 1.54) is 0 Å². The number of halogens is 7. The molecule has 1 aliphatic rings. The number of alkyl halides is 7. The van der Waals surface area contributed by atoms with Crippen LogP contribution in [0.3, 0.4) is 0 Å². The maximum atomic E-state index is 12.7. The van der Waals surface area contributed by atoms with E-state index in [1.807, 2.05) is 0 Å². The Hall–Kier alpha value is -0.140. The van der Waals surface area contributed by atoms with Crippen LogP contribution < -0.4 is 0 Å². The van der Waals surface area contributed by atoms with Gasteiger partial charge in [0.25, 0.3) is 10.9 Å². The fraction of sp³-hybridized carbons (Fsp3) is 1.00. The number of hydrogen-bond acceptors (Lipinski definition) is 1. The minimum atomic E-state index is -5.60. The Morgan fingerprint density at radius 3 is 1.77 bits per heavy atom. The van der Waals surface area contributed by atoms with Crippen molar-refractivity contribution in [3.8, 4) is 0 Å². The molecule has 0 radical (unpaired) electrons. The molecule has 0 aromatic carbocycles. The topological polar surface area (TPSA) is 0 Å². The van der Waals surface area contributed by atoms with Crippen LogP contribution in [0.1, 0.15) is 6.42 Å². The van der Waals surface area contributed by atoms with E-state index in [0.717, 1.165) is 0 Å². The summed E-state index contributed by atoms with van der Waals surface area (Å²) < 4.78 is 84.8. The first-order valence-corrected chi connectivity index (χ1v) is 3.92. The van der Waals surface area contributed by atoms with E-state index >= 15 is 0 Å². The van der Waals surface area contributed by atoms with Crippen LogP contribution >= 0.6 is 11.8 Å². The zero-order valence-corrected chi connectivity index (χ0v) is 6.65. The normalized spacial score (nSPS) is 39.5. The van der Waals surface area contributed by atoms with Gasteiger partial charge in [-0.05, 0) is 11.8 Å². The van der Waals surface area contributed by atoms with Crippen molar-refractivity contribution >= 4 is 11.8 Å². The summed E-state index contributed by atoms with van der Waals surface area (Å²) in [5.41, 5.74) is -7.69. The van der Waals surface area contributed by atoms with Crippen LogP contribution in [-0.2, 0) is 0 Å². The molecule has 0 saturated carbocycles. The molecule has 0 amide bonds. The standard InChI is InChI=1S/C5H3F7S/c6-2-3(7,5(10,11)12)1-4(8,9)13-2/h2H,1H2. The van der Waals surface area contributed by atoms with Gasteiger partial charge in [0.2, 0.25) is 0 Å². The first-order chi connectivity index (χ1) is 5.58. The molecule has 0 aliphatic carbocycles. The van der Waals surface area contributed by atoms with Crippen molar-refractivity contribution in [3.05, 3.63) is 0 Å². The van der Waals surface area contributed by atoms with E-state index in [-0.39, 0.29) is 0 Å². The third-order valence-electron chi connectivity index (χ3n) is 1.57. The Labute approximate surface area is 72.5 Å². The lowest BCUT2D eigenvalue weighted by molar-refractivity contribution is -0.245. The van der Waals surface area contributed by atoms with Crippen LogP contribution in [0, 0.1) is 0 Å². The van der Waals surface area contributed by atoms with Crippen molar-refractivity contribution < 1.29 is 30.7 Å². The quantitative estimate of drug-likeness (QED) is 0.573. The smallest absolute Gasteiger partial charge is 0.231 e. The van der Waals surface area contributed by atoms with Gasteiger partial charge in [-0.25, -0.2) is 8.78 Å². The maximum Gasteiger partial charge on any atom is 0.426 e. The summed E-state index contributed by atoms with van der Waals surface area (Å²) in [5, 5.41) is -4.00. The summed E-state index contributed by atoms with van der Waals surface area (Å²) in [5.74, 6) is 0. The maximum absolute atomic E-state index is 12.7. The van der Waals surface area contributed by atoms with Gasteiger partial charge in [-0.3, -0.25) is 0 Å². The van der Waals surface area contributed by atoms with Crippen LogP contribution in [0.4, 0.5) is 30.7 Å². The molecule has 1 fully saturated rings. The monoisotopic (exact) mass is 228 g/mol. The molecule has 1 saturated heterocycles. The van der Waals surface area contributed by atoms with Crippen molar-refractivity contribution in [3.63, 3.8) is 0 Å². The summed E-state index contributed by atoms with van der Waals surface area (Å²) in [6, 6.07) is 0. The molecule has 1 aliphatic heterocycles. The molecule has 8 heteroatoms. The van der Waals surface area contributed by atoms with E-state index in [2.05, 4.69) is 0 Å². The number of thioether (sulfide) groups is 1. The van der Waals surface area contributed by atoms with Crippen molar-refractivity contribution in [2.75, 3.05) is 0 Å². The van der Waals surface area contributed by atoms with Gasteiger partial charge < -0.3 is 0 Å². The average Bonchev–Trinajstić information content (AvgIpc) is 2.00. The van der Waals surface area contributed by atoms with Crippen LogP contribution in [0.15, 0.2) is 0 Å². The molecule has 0 spiro atoms. The number of hydrogen-bond donors (Lipinski definition) is 0. The zero-order chi connectivity index (χ0) is 10.5. The van der Waals surface area contributed by atoms with E-state index in [4.69, 9.17) is 0 Å². The highest BCUT2D eigenvalue weighted by Gasteiger charge is 2.71. The van der Waals surface area contributed by atoms with Gasteiger partial charge in [0.05, 0.1) is 6.42 Å². The van der Waals surface area contributed by atoms with Crippen LogP contribution in [0.25, 0.3) is 0 Å². The second-order valence-electron chi connectivity index (χ2n) is 2.61. The van der Waals surface area contributed by atoms with Crippen LogP contribution in [0.5, 0.6) is 0 Å². The van der Waals surface area contributed by atoms with Crippen LogP contribution in [-0.4, -0.2) is 22.6 Å².